The third-order valence-electron chi connectivity index (χ3n) is 4.99. The molecular formula is C23H19N3O4S. The average molecular weight is 433 g/mol. The summed E-state index contributed by atoms with van der Waals surface area (Å²) in [5.74, 6) is 2.06. The molecule has 2 aromatic carbocycles. The number of likely N-dealkylation sites (N-methyl/N-ethyl adjacent to an activating group) is 1. The highest BCUT2D eigenvalue weighted by Crippen LogP contribution is 2.38. The van der Waals surface area contributed by atoms with Gasteiger partial charge in [0, 0.05) is 30.7 Å². The molecule has 3 aromatic rings. The first-order chi connectivity index (χ1) is 15.1. The van der Waals surface area contributed by atoms with E-state index in [0.717, 1.165) is 17.1 Å². The van der Waals surface area contributed by atoms with E-state index in [0.29, 0.717) is 27.3 Å². The Balaban J connectivity index is 1.43. The lowest BCUT2D eigenvalue weighted by Gasteiger charge is -2.08. The molecule has 2 aliphatic rings. The molecule has 2 aliphatic heterocycles. The molecule has 1 fully saturated rings. The number of rotatable bonds is 4. The van der Waals surface area contributed by atoms with Crippen LogP contribution in [0.15, 0.2) is 70.7 Å². The fourth-order valence-corrected chi connectivity index (χ4v) is 4.31. The monoisotopic (exact) mass is 433 g/mol. The van der Waals surface area contributed by atoms with E-state index >= 15 is 0 Å². The first kappa shape index (κ1) is 19.3. The Morgan fingerprint density at radius 3 is 2.71 bits per heavy atom. The van der Waals surface area contributed by atoms with E-state index < -0.39 is 0 Å². The van der Waals surface area contributed by atoms with Gasteiger partial charge in [-0.3, -0.25) is 9.69 Å². The Morgan fingerprint density at radius 2 is 1.90 bits per heavy atom. The van der Waals surface area contributed by atoms with E-state index in [9.17, 15) is 4.79 Å². The van der Waals surface area contributed by atoms with Crippen LogP contribution in [0.25, 0.3) is 11.8 Å². The Hall–Kier alpha value is -3.65. The molecule has 0 radical (unpaired) electrons. The lowest BCUT2D eigenvalue weighted by molar-refractivity contribution is -0.121. The number of amidine groups is 1. The SMILES string of the molecule is COc1ccc(-n2cccc2/C=C2\SC(=Nc3ccc4c(c3)OCO4)N(C)C2=O)cc1. The molecule has 1 aromatic heterocycles. The van der Waals surface area contributed by atoms with Crippen LogP contribution in [0.1, 0.15) is 5.69 Å². The van der Waals surface area contributed by atoms with Gasteiger partial charge in [0.1, 0.15) is 5.75 Å². The highest BCUT2D eigenvalue weighted by molar-refractivity contribution is 8.18. The molecule has 31 heavy (non-hydrogen) atoms. The van der Waals surface area contributed by atoms with Gasteiger partial charge in [0.05, 0.1) is 17.7 Å². The van der Waals surface area contributed by atoms with E-state index in [1.54, 1.807) is 19.1 Å². The van der Waals surface area contributed by atoms with Crippen LogP contribution in [0.2, 0.25) is 0 Å². The number of carbonyl (C=O) groups is 1. The molecule has 3 heterocycles. The van der Waals surface area contributed by atoms with Gasteiger partial charge in [-0.15, -0.1) is 0 Å². The largest absolute Gasteiger partial charge is 0.497 e. The summed E-state index contributed by atoms with van der Waals surface area (Å²) >= 11 is 1.35. The van der Waals surface area contributed by atoms with E-state index in [1.165, 1.54) is 11.8 Å². The topological polar surface area (TPSA) is 65.3 Å². The normalized spacial score (nSPS) is 17.7. The summed E-state index contributed by atoms with van der Waals surface area (Å²) in [7, 11) is 3.37. The second-order valence-corrected chi connectivity index (χ2v) is 7.92. The van der Waals surface area contributed by atoms with Crippen LogP contribution in [0.5, 0.6) is 17.2 Å². The second kappa shape index (κ2) is 7.88. The first-order valence-electron chi connectivity index (χ1n) is 9.60. The molecule has 0 N–H and O–H groups in total. The standard InChI is InChI=1S/C23H19N3O4S/c1-25-22(27)21(31-23(25)24-15-5-10-19-20(12-15)30-14-29-19)13-17-4-3-11-26(17)16-6-8-18(28-2)9-7-16/h3-13H,14H2,1-2H3/b21-13-,24-23?. The maximum atomic E-state index is 12.8. The molecule has 5 rings (SSSR count). The Kier molecular flexibility index (Phi) is 4.91. The van der Waals surface area contributed by atoms with Gasteiger partial charge in [-0.1, -0.05) is 0 Å². The van der Waals surface area contributed by atoms with Gasteiger partial charge in [0.2, 0.25) is 6.79 Å². The zero-order valence-electron chi connectivity index (χ0n) is 16.9. The number of amides is 1. The van der Waals surface area contributed by atoms with Gasteiger partial charge in [0.15, 0.2) is 16.7 Å². The van der Waals surface area contributed by atoms with Crippen LogP contribution in [0.3, 0.4) is 0 Å². The molecule has 7 nitrogen and oxygen atoms in total. The minimum Gasteiger partial charge on any atom is -0.497 e. The van der Waals surface area contributed by atoms with Crippen molar-refractivity contribution in [2.75, 3.05) is 21.0 Å². The molecule has 156 valence electrons. The third kappa shape index (κ3) is 3.66. The summed E-state index contributed by atoms with van der Waals surface area (Å²) in [6.07, 6.45) is 3.85. The predicted octanol–water partition coefficient (Wildman–Crippen LogP) is 4.45. The predicted molar refractivity (Wildman–Crippen MR) is 120 cm³/mol. The van der Waals surface area contributed by atoms with Crippen LogP contribution in [-0.2, 0) is 4.79 Å². The molecule has 0 unspecified atom stereocenters. The quantitative estimate of drug-likeness (QED) is 0.569. The summed E-state index contributed by atoms with van der Waals surface area (Å²) in [4.78, 5) is 19.6. The summed E-state index contributed by atoms with van der Waals surface area (Å²) in [5, 5.41) is 0.609. The highest BCUT2D eigenvalue weighted by atomic mass is 32.2. The summed E-state index contributed by atoms with van der Waals surface area (Å²) in [6, 6.07) is 17.2. The maximum Gasteiger partial charge on any atom is 0.266 e. The van der Waals surface area contributed by atoms with Crippen molar-refractivity contribution >= 4 is 34.6 Å². The summed E-state index contributed by atoms with van der Waals surface area (Å²) in [5.41, 5.74) is 2.59. The summed E-state index contributed by atoms with van der Waals surface area (Å²) in [6.45, 7) is 0.212. The van der Waals surface area contributed by atoms with Gasteiger partial charge in [-0.05, 0) is 66.4 Å². The Labute approximate surface area is 183 Å². The van der Waals surface area contributed by atoms with Gasteiger partial charge in [-0.2, -0.15) is 0 Å². The lowest BCUT2D eigenvalue weighted by Crippen LogP contribution is -2.23. The molecule has 8 heteroatoms. The lowest BCUT2D eigenvalue weighted by atomic mass is 10.3. The second-order valence-electron chi connectivity index (χ2n) is 6.91. The average Bonchev–Trinajstić information content (AvgIpc) is 3.51. The number of aromatic nitrogens is 1. The molecule has 0 atom stereocenters. The Bertz CT molecular complexity index is 1210. The van der Waals surface area contributed by atoms with Crippen molar-refractivity contribution in [3.8, 4) is 22.9 Å². The van der Waals surface area contributed by atoms with Crippen LogP contribution >= 0.6 is 11.8 Å². The number of carbonyl (C=O) groups excluding carboxylic acids is 1. The fraction of sp³-hybridized carbons (Fsp3) is 0.130. The van der Waals surface area contributed by atoms with Gasteiger partial charge in [0.25, 0.3) is 5.91 Å². The third-order valence-corrected chi connectivity index (χ3v) is 6.05. The number of methoxy groups -OCH3 is 1. The Morgan fingerprint density at radius 1 is 1.10 bits per heavy atom. The minimum absolute atomic E-state index is 0.0908. The fourth-order valence-electron chi connectivity index (χ4n) is 3.34. The zero-order valence-corrected chi connectivity index (χ0v) is 17.8. The highest BCUT2D eigenvalue weighted by Gasteiger charge is 2.30. The van der Waals surface area contributed by atoms with Crippen molar-refractivity contribution in [2.24, 2.45) is 4.99 Å². The number of thioether (sulfide) groups is 1. The van der Waals surface area contributed by atoms with Crippen molar-refractivity contribution in [3.63, 3.8) is 0 Å². The van der Waals surface area contributed by atoms with Crippen LogP contribution in [-0.4, -0.2) is 41.5 Å². The number of hydrogen-bond donors (Lipinski definition) is 0. The van der Waals surface area contributed by atoms with Crippen molar-refractivity contribution in [3.05, 3.63) is 71.4 Å². The van der Waals surface area contributed by atoms with E-state index in [1.807, 2.05) is 71.4 Å². The van der Waals surface area contributed by atoms with Crippen molar-refractivity contribution < 1.29 is 19.0 Å². The van der Waals surface area contributed by atoms with E-state index in [4.69, 9.17) is 14.2 Å². The van der Waals surface area contributed by atoms with Crippen molar-refractivity contribution in [1.29, 1.82) is 0 Å². The smallest absolute Gasteiger partial charge is 0.266 e. The molecule has 0 aliphatic carbocycles. The minimum atomic E-state index is -0.0908. The van der Waals surface area contributed by atoms with Crippen molar-refractivity contribution in [2.45, 2.75) is 0 Å². The number of hydrogen-bond acceptors (Lipinski definition) is 6. The van der Waals surface area contributed by atoms with Crippen LogP contribution < -0.4 is 14.2 Å². The molecule has 1 amide bonds. The van der Waals surface area contributed by atoms with Crippen LogP contribution in [0.4, 0.5) is 5.69 Å². The summed E-state index contributed by atoms with van der Waals surface area (Å²) < 4.78 is 18.0. The van der Waals surface area contributed by atoms with Crippen LogP contribution in [0, 0.1) is 0 Å². The van der Waals surface area contributed by atoms with E-state index in [-0.39, 0.29) is 12.7 Å². The number of fused-ring (bicyclic) bond motifs is 1. The number of aliphatic imine (C=N–C) groups is 1. The van der Waals surface area contributed by atoms with Gasteiger partial charge < -0.3 is 18.8 Å². The van der Waals surface area contributed by atoms with Crippen molar-refractivity contribution in [1.82, 2.24) is 9.47 Å². The maximum absolute atomic E-state index is 12.8. The molecule has 0 bridgehead atoms. The first-order valence-corrected chi connectivity index (χ1v) is 10.4. The molecule has 1 saturated heterocycles. The molecular weight excluding hydrogens is 414 g/mol. The molecule has 0 spiro atoms. The zero-order chi connectivity index (χ0) is 21.4. The van der Waals surface area contributed by atoms with Gasteiger partial charge >= 0.3 is 0 Å². The molecule has 0 saturated carbocycles. The number of benzene rings is 2. The van der Waals surface area contributed by atoms with E-state index in [2.05, 4.69) is 4.99 Å². The number of nitrogens with zero attached hydrogens (tertiary/aromatic N) is 3. The number of ether oxygens (including phenoxy) is 3. The van der Waals surface area contributed by atoms with Gasteiger partial charge in [-0.25, -0.2) is 4.99 Å².